The molecule has 1 amide bonds. The van der Waals surface area contributed by atoms with Crippen LogP contribution in [0.3, 0.4) is 0 Å². The lowest BCUT2D eigenvalue weighted by atomic mass is 10.1. The van der Waals surface area contributed by atoms with Crippen LogP contribution in [0, 0.1) is 0 Å². The van der Waals surface area contributed by atoms with Gasteiger partial charge in [0.25, 0.3) is 0 Å². The van der Waals surface area contributed by atoms with Gasteiger partial charge in [-0.05, 0) is 25.1 Å². The topological polar surface area (TPSA) is 57.6 Å². The van der Waals surface area contributed by atoms with Crippen LogP contribution in [0.1, 0.15) is 12.5 Å². The van der Waals surface area contributed by atoms with Gasteiger partial charge in [0.1, 0.15) is 6.04 Å². The lowest BCUT2D eigenvalue weighted by Crippen LogP contribution is -2.38. The van der Waals surface area contributed by atoms with Gasteiger partial charge in [-0.3, -0.25) is 4.79 Å². The number of carboxylic acids is 1. The molecule has 1 unspecified atom stereocenters. The maximum absolute atomic E-state index is 12.5. The zero-order chi connectivity index (χ0) is 13.9. The SMILES string of the molecule is CC(C(=O)O)N(C=O)c1cccc(C(F)(F)F)c1. The predicted molar refractivity (Wildman–Crippen MR) is 57.1 cm³/mol. The minimum Gasteiger partial charge on any atom is -0.480 e. The summed E-state index contributed by atoms with van der Waals surface area (Å²) in [5.41, 5.74) is -1.06. The Kier molecular flexibility index (Phi) is 3.95. The number of amides is 1. The third-order valence-corrected chi connectivity index (χ3v) is 2.36. The summed E-state index contributed by atoms with van der Waals surface area (Å²) in [5, 5.41) is 8.75. The standard InChI is InChI=1S/C11H10F3NO3/c1-7(10(17)18)15(6-16)9-4-2-3-8(5-9)11(12,13)14/h2-7H,1H3,(H,17,18). The molecule has 1 rings (SSSR count). The first-order valence-corrected chi connectivity index (χ1v) is 4.91. The van der Waals surface area contributed by atoms with Gasteiger partial charge in [0.2, 0.25) is 6.41 Å². The molecule has 7 heteroatoms. The fourth-order valence-corrected chi connectivity index (χ4v) is 1.34. The highest BCUT2D eigenvalue weighted by Crippen LogP contribution is 2.31. The van der Waals surface area contributed by atoms with E-state index < -0.39 is 23.8 Å². The minimum atomic E-state index is -4.54. The smallest absolute Gasteiger partial charge is 0.416 e. The highest BCUT2D eigenvalue weighted by Gasteiger charge is 2.31. The van der Waals surface area contributed by atoms with Gasteiger partial charge in [-0.25, -0.2) is 4.79 Å². The summed E-state index contributed by atoms with van der Waals surface area (Å²) in [6.45, 7) is 1.21. The van der Waals surface area contributed by atoms with Crippen LogP contribution in [0.25, 0.3) is 0 Å². The summed E-state index contributed by atoms with van der Waals surface area (Å²) in [6.07, 6.45) is -4.36. The molecular formula is C11H10F3NO3. The maximum atomic E-state index is 12.5. The van der Waals surface area contributed by atoms with Gasteiger partial charge < -0.3 is 10.0 Å². The second kappa shape index (κ2) is 5.07. The molecule has 1 aromatic rings. The first kappa shape index (κ1) is 14.0. The van der Waals surface area contributed by atoms with Crippen LogP contribution in [0.2, 0.25) is 0 Å². The number of carbonyl (C=O) groups excluding carboxylic acids is 1. The number of benzene rings is 1. The van der Waals surface area contributed by atoms with Crippen molar-refractivity contribution in [3.8, 4) is 0 Å². The summed E-state index contributed by atoms with van der Waals surface area (Å²) in [4.78, 5) is 22.2. The first-order valence-electron chi connectivity index (χ1n) is 4.91. The van der Waals surface area contributed by atoms with Crippen LogP contribution in [-0.4, -0.2) is 23.5 Å². The van der Waals surface area contributed by atoms with Crippen LogP contribution >= 0.6 is 0 Å². The molecule has 0 saturated carbocycles. The number of rotatable bonds is 4. The van der Waals surface area contributed by atoms with Crippen molar-refractivity contribution >= 4 is 18.1 Å². The zero-order valence-corrected chi connectivity index (χ0v) is 9.31. The van der Waals surface area contributed by atoms with Crippen molar-refractivity contribution in [2.24, 2.45) is 0 Å². The fraction of sp³-hybridized carbons (Fsp3) is 0.273. The molecule has 4 nitrogen and oxygen atoms in total. The molecule has 0 saturated heterocycles. The Hall–Kier alpha value is -2.05. The number of carbonyl (C=O) groups is 2. The Morgan fingerprint density at radius 1 is 1.44 bits per heavy atom. The molecule has 1 atom stereocenters. The molecule has 1 N–H and O–H groups in total. The third-order valence-electron chi connectivity index (χ3n) is 2.36. The molecule has 0 aliphatic rings. The van der Waals surface area contributed by atoms with E-state index in [1.54, 1.807) is 0 Å². The number of nitrogens with zero attached hydrogens (tertiary/aromatic N) is 1. The number of hydrogen-bond acceptors (Lipinski definition) is 2. The predicted octanol–water partition coefficient (Wildman–Crippen LogP) is 2.14. The lowest BCUT2D eigenvalue weighted by molar-refractivity contribution is -0.139. The Morgan fingerprint density at radius 3 is 2.50 bits per heavy atom. The number of halogens is 3. The van der Waals surface area contributed by atoms with Gasteiger partial charge in [-0.2, -0.15) is 13.2 Å². The average molecular weight is 261 g/mol. The van der Waals surface area contributed by atoms with E-state index in [-0.39, 0.29) is 12.1 Å². The Bertz CT molecular complexity index is 459. The summed E-state index contributed by atoms with van der Waals surface area (Å²) in [6, 6.07) is 2.68. The molecule has 0 heterocycles. The largest absolute Gasteiger partial charge is 0.480 e. The van der Waals surface area contributed by atoms with Crippen LogP contribution in [0.5, 0.6) is 0 Å². The molecule has 98 valence electrons. The fourth-order valence-electron chi connectivity index (χ4n) is 1.34. The highest BCUT2D eigenvalue weighted by molar-refractivity contribution is 5.87. The van der Waals surface area contributed by atoms with Crippen molar-refractivity contribution in [2.75, 3.05) is 4.90 Å². The van der Waals surface area contributed by atoms with Gasteiger partial charge in [0.15, 0.2) is 0 Å². The first-order chi connectivity index (χ1) is 8.27. The monoisotopic (exact) mass is 261 g/mol. The molecule has 18 heavy (non-hydrogen) atoms. The van der Waals surface area contributed by atoms with Crippen molar-refractivity contribution in [3.63, 3.8) is 0 Å². The van der Waals surface area contributed by atoms with Crippen molar-refractivity contribution in [1.29, 1.82) is 0 Å². The molecule has 0 spiro atoms. The Labute approximate surface area is 101 Å². The van der Waals surface area contributed by atoms with E-state index in [1.807, 2.05) is 0 Å². The number of aliphatic carboxylic acids is 1. The molecule has 0 bridgehead atoms. The van der Waals surface area contributed by atoms with E-state index in [0.717, 1.165) is 23.1 Å². The lowest BCUT2D eigenvalue weighted by Gasteiger charge is -2.22. The number of carboxylic acid groups (broad SMARTS) is 1. The van der Waals surface area contributed by atoms with E-state index in [1.165, 1.54) is 13.0 Å². The molecule has 0 fully saturated rings. The van der Waals surface area contributed by atoms with Crippen molar-refractivity contribution < 1.29 is 27.9 Å². The maximum Gasteiger partial charge on any atom is 0.416 e. The third kappa shape index (κ3) is 2.99. The van der Waals surface area contributed by atoms with E-state index in [9.17, 15) is 22.8 Å². The van der Waals surface area contributed by atoms with Crippen LogP contribution in [-0.2, 0) is 15.8 Å². The second-order valence-corrected chi connectivity index (χ2v) is 3.57. The van der Waals surface area contributed by atoms with Crippen molar-refractivity contribution in [2.45, 2.75) is 19.1 Å². The summed E-state index contributed by atoms with van der Waals surface area (Å²) in [7, 11) is 0. The van der Waals surface area contributed by atoms with Crippen LogP contribution in [0.4, 0.5) is 18.9 Å². The Morgan fingerprint density at radius 2 is 2.06 bits per heavy atom. The second-order valence-electron chi connectivity index (χ2n) is 3.57. The zero-order valence-electron chi connectivity index (χ0n) is 9.31. The van der Waals surface area contributed by atoms with E-state index in [4.69, 9.17) is 5.11 Å². The molecular weight excluding hydrogens is 251 g/mol. The highest BCUT2D eigenvalue weighted by atomic mass is 19.4. The van der Waals surface area contributed by atoms with E-state index in [0.29, 0.717) is 0 Å². The number of anilines is 1. The molecule has 1 aromatic carbocycles. The van der Waals surface area contributed by atoms with Gasteiger partial charge in [0.05, 0.1) is 5.56 Å². The summed E-state index contributed by atoms with van der Waals surface area (Å²) < 4.78 is 37.4. The minimum absolute atomic E-state index is 0.116. The molecule has 0 aliphatic heterocycles. The van der Waals surface area contributed by atoms with Gasteiger partial charge in [-0.15, -0.1) is 0 Å². The molecule has 0 aromatic heterocycles. The van der Waals surface area contributed by atoms with E-state index in [2.05, 4.69) is 0 Å². The average Bonchev–Trinajstić information content (AvgIpc) is 2.29. The quantitative estimate of drug-likeness (QED) is 0.845. The van der Waals surface area contributed by atoms with Gasteiger partial charge >= 0.3 is 12.1 Å². The normalized spacial score (nSPS) is 12.9. The summed E-state index contributed by atoms with van der Waals surface area (Å²) >= 11 is 0. The van der Waals surface area contributed by atoms with Crippen molar-refractivity contribution in [3.05, 3.63) is 29.8 Å². The summed E-state index contributed by atoms with van der Waals surface area (Å²) in [5.74, 6) is -1.31. The van der Waals surface area contributed by atoms with Gasteiger partial charge in [-0.1, -0.05) is 6.07 Å². The molecule has 0 aliphatic carbocycles. The van der Waals surface area contributed by atoms with Crippen molar-refractivity contribution in [1.82, 2.24) is 0 Å². The molecule has 0 radical (unpaired) electrons. The van der Waals surface area contributed by atoms with Crippen LogP contribution < -0.4 is 4.90 Å². The van der Waals surface area contributed by atoms with Crippen LogP contribution in [0.15, 0.2) is 24.3 Å². The van der Waals surface area contributed by atoms with E-state index >= 15 is 0 Å². The Balaban J connectivity index is 3.15. The number of hydrogen-bond donors (Lipinski definition) is 1. The number of alkyl halides is 3. The van der Waals surface area contributed by atoms with Gasteiger partial charge in [0, 0.05) is 5.69 Å².